The number of hydrogen-bond acceptors (Lipinski definition) is 3. The molecule has 20 heavy (non-hydrogen) atoms. The van der Waals surface area contributed by atoms with Crippen molar-refractivity contribution >= 4 is 11.6 Å². The maximum Gasteiger partial charge on any atom is 0.162 e. The van der Waals surface area contributed by atoms with Gasteiger partial charge in [-0.05, 0) is 16.9 Å². The monoisotopic (exact) mass is 296 g/mol. The summed E-state index contributed by atoms with van der Waals surface area (Å²) in [5.74, 6) is 1.52. The standard InChI is InChI=1S/C16H21ClO3/c1-15(2)14(16(15,3)4)13(18)9-7-11-12(8-10(9)17)20-6-5-19-11/h7-8,13-14,18H,5-6H2,1-4H3. The summed E-state index contributed by atoms with van der Waals surface area (Å²) in [6.45, 7) is 9.82. The Labute approximate surface area is 124 Å². The van der Waals surface area contributed by atoms with E-state index in [9.17, 15) is 5.11 Å². The van der Waals surface area contributed by atoms with E-state index >= 15 is 0 Å². The van der Waals surface area contributed by atoms with E-state index in [4.69, 9.17) is 21.1 Å². The van der Waals surface area contributed by atoms with Crippen molar-refractivity contribution in [3.05, 3.63) is 22.7 Å². The minimum Gasteiger partial charge on any atom is -0.486 e. The third kappa shape index (κ3) is 1.83. The van der Waals surface area contributed by atoms with Crippen LogP contribution < -0.4 is 9.47 Å². The van der Waals surface area contributed by atoms with E-state index in [1.807, 2.05) is 6.07 Å². The van der Waals surface area contributed by atoms with Crippen LogP contribution >= 0.6 is 11.6 Å². The molecule has 3 nitrogen and oxygen atoms in total. The zero-order valence-electron chi connectivity index (χ0n) is 12.4. The highest BCUT2D eigenvalue weighted by Gasteiger charge is 2.67. The van der Waals surface area contributed by atoms with Gasteiger partial charge >= 0.3 is 0 Å². The molecule has 1 heterocycles. The lowest BCUT2D eigenvalue weighted by Gasteiger charge is -2.22. The van der Waals surface area contributed by atoms with E-state index in [0.29, 0.717) is 29.7 Å². The molecule has 1 aliphatic heterocycles. The fourth-order valence-corrected chi connectivity index (χ4v) is 3.79. The Morgan fingerprint density at radius 3 is 2.10 bits per heavy atom. The summed E-state index contributed by atoms with van der Waals surface area (Å²) in [5.41, 5.74) is 0.936. The van der Waals surface area contributed by atoms with Crippen LogP contribution in [-0.2, 0) is 0 Å². The molecule has 0 amide bonds. The third-order valence-electron chi connectivity index (χ3n) is 5.43. The maximum absolute atomic E-state index is 10.7. The summed E-state index contributed by atoms with van der Waals surface area (Å²) in [7, 11) is 0. The number of fused-ring (bicyclic) bond motifs is 1. The van der Waals surface area contributed by atoms with Crippen molar-refractivity contribution in [1.82, 2.24) is 0 Å². The van der Waals surface area contributed by atoms with Crippen molar-refractivity contribution in [3.63, 3.8) is 0 Å². The lowest BCUT2D eigenvalue weighted by Crippen LogP contribution is -2.16. The number of ether oxygens (including phenoxy) is 2. The van der Waals surface area contributed by atoms with Crippen LogP contribution in [0.1, 0.15) is 39.4 Å². The molecule has 2 aliphatic rings. The van der Waals surface area contributed by atoms with Crippen LogP contribution in [0.25, 0.3) is 0 Å². The molecule has 1 aliphatic carbocycles. The average molecular weight is 297 g/mol. The molecule has 0 saturated heterocycles. The Bertz CT molecular complexity index is 537. The van der Waals surface area contributed by atoms with Gasteiger partial charge in [0.15, 0.2) is 11.5 Å². The lowest BCUT2D eigenvalue weighted by molar-refractivity contribution is 0.129. The molecular weight excluding hydrogens is 276 g/mol. The molecule has 4 heteroatoms. The first kappa shape index (κ1) is 14.0. The molecular formula is C16H21ClO3. The molecule has 0 spiro atoms. The largest absolute Gasteiger partial charge is 0.486 e. The van der Waals surface area contributed by atoms with Crippen molar-refractivity contribution in [2.45, 2.75) is 33.8 Å². The van der Waals surface area contributed by atoms with E-state index in [1.165, 1.54) is 0 Å². The summed E-state index contributed by atoms with van der Waals surface area (Å²) in [6, 6.07) is 3.57. The second kappa shape index (κ2) is 4.28. The number of aliphatic hydroxyl groups is 1. The van der Waals surface area contributed by atoms with Crippen molar-refractivity contribution < 1.29 is 14.6 Å². The van der Waals surface area contributed by atoms with Crippen molar-refractivity contribution in [2.24, 2.45) is 16.7 Å². The molecule has 1 aromatic rings. The van der Waals surface area contributed by atoms with E-state index < -0.39 is 6.10 Å². The molecule has 1 unspecified atom stereocenters. The number of rotatable bonds is 2. The van der Waals surface area contributed by atoms with E-state index in [0.717, 1.165) is 5.56 Å². The predicted molar refractivity (Wildman–Crippen MR) is 78.5 cm³/mol. The van der Waals surface area contributed by atoms with Gasteiger partial charge in [0, 0.05) is 17.5 Å². The van der Waals surface area contributed by atoms with Gasteiger partial charge in [-0.15, -0.1) is 0 Å². The second-order valence-corrected chi connectivity index (χ2v) is 7.29. The van der Waals surface area contributed by atoms with Gasteiger partial charge in [0.25, 0.3) is 0 Å². The summed E-state index contributed by atoms with van der Waals surface area (Å²) in [6.07, 6.45) is -0.580. The summed E-state index contributed by atoms with van der Waals surface area (Å²) in [5, 5.41) is 11.3. The Balaban J connectivity index is 1.95. The van der Waals surface area contributed by atoms with E-state index in [-0.39, 0.29) is 16.7 Å². The molecule has 1 fully saturated rings. The highest BCUT2D eigenvalue weighted by Crippen LogP contribution is 2.72. The van der Waals surface area contributed by atoms with Gasteiger partial charge in [-0.2, -0.15) is 0 Å². The van der Waals surface area contributed by atoms with Crippen LogP contribution in [0.2, 0.25) is 5.02 Å². The van der Waals surface area contributed by atoms with Gasteiger partial charge in [0.05, 0.1) is 11.1 Å². The summed E-state index contributed by atoms with van der Waals surface area (Å²) < 4.78 is 11.1. The number of halogens is 1. The topological polar surface area (TPSA) is 38.7 Å². The molecule has 0 bridgehead atoms. The van der Waals surface area contributed by atoms with Crippen LogP contribution in [0.4, 0.5) is 0 Å². The average Bonchev–Trinajstić information content (AvgIpc) is 2.78. The molecule has 0 radical (unpaired) electrons. The number of benzene rings is 1. The Hall–Kier alpha value is -0.930. The van der Waals surface area contributed by atoms with Gasteiger partial charge in [0.2, 0.25) is 0 Å². The lowest BCUT2D eigenvalue weighted by atomic mass is 9.99. The first-order valence-corrected chi connectivity index (χ1v) is 7.41. The number of aliphatic hydroxyl groups excluding tert-OH is 1. The Morgan fingerprint density at radius 1 is 1.10 bits per heavy atom. The van der Waals surface area contributed by atoms with Crippen LogP contribution in [0.5, 0.6) is 11.5 Å². The highest BCUT2D eigenvalue weighted by molar-refractivity contribution is 6.31. The Morgan fingerprint density at radius 2 is 1.60 bits per heavy atom. The highest BCUT2D eigenvalue weighted by atomic mass is 35.5. The van der Waals surface area contributed by atoms with Crippen LogP contribution in [0.3, 0.4) is 0 Å². The fourth-order valence-electron chi connectivity index (χ4n) is 3.52. The van der Waals surface area contributed by atoms with Gasteiger partial charge in [-0.3, -0.25) is 0 Å². The van der Waals surface area contributed by atoms with E-state index in [1.54, 1.807) is 6.07 Å². The first-order chi connectivity index (χ1) is 9.26. The summed E-state index contributed by atoms with van der Waals surface area (Å²) >= 11 is 6.32. The van der Waals surface area contributed by atoms with Gasteiger partial charge in [-0.25, -0.2) is 0 Å². The summed E-state index contributed by atoms with van der Waals surface area (Å²) in [4.78, 5) is 0. The van der Waals surface area contributed by atoms with Gasteiger partial charge in [0.1, 0.15) is 13.2 Å². The molecule has 1 N–H and O–H groups in total. The van der Waals surface area contributed by atoms with Crippen LogP contribution in [-0.4, -0.2) is 18.3 Å². The minimum absolute atomic E-state index is 0.100. The first-order valence-electron chi connectivity index (χ1n) is 7.04. The third-order valence-corrected chi connectivity index (χ3v) is 5.76. The molecule has 1 atom stereocenters. The van der Waals surface area contributed by atoms with Crippen LogP contribution in [0.15, 0.2) is 12.1 Å². The van der Waals surface area contributed by atoms with Gasteiger partial charge in [-0.1, -0.05) is 39.3 Å². The quantitative estimate of drug-likeness (QED) is 0.901. The van der Waals surface area contributed by atoms with Crippen molar-refractivity contribution in [3.8, 4) is 11.5 Å². The smallest absolute Gasteiger partial charge is 0.162 e. The fraction of sp³-hybridized carbons (Fsp3) is 0.625. The minimum atomic E-state index is -0.580. The predicted octanol–water partition coefficient (Wildman–Crippen LogP) is 3.83. The van der Waals surface area contributed by atoms with Gasteiger partial charge < -0.3 is 14.6 Å². The zero-order valence-corrected chi connectivity index (χ0v) is 13.1. The maximum atomic E-state index is 10.7. The molecule has 0 aromatic heterocycles. The molecule has 110 valence electrons. The Kier molecular flexibility index (Phi) is 3.00. The second-order valence-electron chi connectivity index (χ2n) is 6.88. The van der Waals surface area contributed by atoms with Crippen molar-refractivity contribution in [1.29, 1.82) is 0 Å². The number of hydrogen-bond donors (Lipinski definition) is 1. The van der Waals surface area contributed by atoms with Crippen LogP contribution in [0, 0.1) is 16.7 Å². The molecule has 3 rings (SSSR count). The molecule has 1 saturated carbocycles. The normalized spacial score (nSPS) is 24.3. The SMILES string of the molecule is CC1(C)C(C(O)c2cc3c(cc2Cl)OCCO3)C1(C)C. The van der Waals surface area contributed by atoms with Crippen molar-refractivity contribution in [2.75, 3.05) is 13.2 Å². The van der Waals surface area contributed by atoms with E-state index in [2.05, 4.69) is 27.7 Å². The zero-order chi connectivity index (χ0) is 14.7. The molecule has 1 aromatic carbocycles.